The number of anilines is 2. The lowest BCUT2D eigenvalue weighted by molar-refractivity contribution is 0.0642. The van der Waals surface area contributed by atoms with E-state index in [0.717, 1.165) is 19.6 Å². The van der Waals surface area contributed by atoms with Crippen molar-refractivity contribution in [2.45, 2.75) is 6.92 Å². The fourth-order valence-corrected chi connectivity index (χ4v) is 2.64. The maximum Gasteiger partial charge on any atom is 0.257 e. The summed E-state index contributed by atoms with van der Waals surface area (Å²) in [5, 5.41) is 2.80. The Balaban J connectivity index is 1.64. The average molecular weight is 329 g/mol. The molecule has 0 unspecified atom stereocenters. The highest BCUT2D eigenvalue weighted by Gasteiger charge is 2.21. The number of carbonyl (C=O) groups excluding carboxylic acids is 1. The van der Waals surface area contributed by atoms with Gasteiger partial charge in [0, 0.05) is 38.6 Å². The molecule has 1 fully saturated rings. The van der Waals surface area contributed by atoms with E-state index in [-0.39, 0.29) is 17.7 Å². The fourth-order valence-electron chi connectivity index (χ4n) is 2.64. The number of benzene rings is 1. The van der Waals surface area contributed by atoms with Gasteiger partial charge in [0.2, 0.25) is 5.95 Å². The van der Waals surface area contributed by atoms with Crippen LogP contribution in [0.3, 0.4) is 0 Å². The molecule has 6 nitrogen and oxygen atoms in total. The first-order chi connectivity index (χ1) is 11.7. The molecule has 1 aliphatic rings. The molecular weight excluding hydrogens is 309 g/mol. The van der Waals surface area contributed by atoms with Crippen molar-refractivity contribution in [3.05, 3.63) is 48.0 Å². The van der Waals surface area contributed by atoms with Gasteiger partial charge in [-0.25, -0.2) is 14.4 Å². The lowest BCUT2D eigenvalue weighted by Gasteiger charge is -2.33. The number of piperazine rings is 1. The Bertz CT molecular complexity index is 698. The Morgan fingerprint density at radius 3 is 2.46 bits per heavy atom. The highest BCUT2D eigenvalue weighted by atomic mass is 19.1. The number of para-hydroxylation sites is 1. The number of hydrogen-bond donors (Lipinski definition) is 1. The first-order valence-corrected chi connectivity index (χ1v) is 8.02. The summed E-state index contributed by atoms with van der Waals surface area (Å²) < 4.78 is 13.6. The van der Waals surface area contributed by atoms with Crippen LogP contribution in [0, 0.1) is 5.82 Å². The molecule has 0 spiro atoms. The van der Waals surface area contributed by atoms with E-state index in [1.165, 1.54) is 18.5 Å². The SMILES string of the molecule is CCN1CCN(C(=O)c2cnc(Nc3ccccc3F)nc2)CC1. The molecule has 0 aliphatic carbocycles. The third-order valence-corrected chi connectivity index (χ3v) is 4.13. The predicted molar refractivity (Wildman–Crippen MR) is 89.7 cm³/mol. The molecule has 7 heteroatoms. The molecule has 1 saturated heterocycles. The highest BCUT2D eigenvalue weighted by molar-refractivity contribution is 5.93. The van der Waals surface area contributed by atoms with Crippen LogP contribution in [-0.2, 0) is 0 Å². The molecule has 0 saturated carbocycles. The highest BCUT2D eigenvalue weighted by Crippen LogP contribution is 2.16. The minimum absolute atomic E-state index is 0.0665. The molecule has 2 heterocycles. The van der Waals surface area contributed by atoms with Gasteiger partial charge in [0.25, 0.3) is 5.91 Å². The van der Waals surface area contributed by atoms with Crippen LogP contribution in [0.5, 0.6) is 0 Å². The van der Waals surface area contributed by atoms with Gasteiger partial charge in [0.15, 0.2) is 0 Å². The number of nitrogens with one attached hydrogen (secondary N) is 1. The molecule has 2 aromatic rings. The van der Waals surface area contributed by atoms with E-state index in [4.69, 9.17) is 0 Å². The van der Waals surface area contributed by atoms with Crippen LogP contribution in [0.25, 0.3) is 0 Å². The van der Waals surface area contributed by atoms with Crippen molar-refractivity contribution in [1.29, 1.82) is 0 Å². The number of nitrogens with zero attached hydrogens (tertiary/aromatic N) is 4. The standard InChI is InChI=1S/C17H20FN5O/c1-2-22-7-9-23(10-8-22)16(24)13-11-19-17(20-12-13)21-15-6-4-3-5-14(15)18/h3-6,11-12H,2,7-10H2,1H3,(H,19,20,21). The van der Waals surface area contributed by atoms with Crippen LogP contribution < -0.4 is 5.32 Å². The van der Waals surface area contributed by atoms with Crippen molar-refractivity contribution in [1.82, 2.24) is 19.8 Å². The van der Waals surface area contributed by atoms with Crippen molar-refractivity contribution in [3.8, 4) is 0 Å². The number of amides is 1. The topological polar surface area (TPSA) is 61.4 Å². The quantitative estimate of drug-likeness (QED) is 0.931. The van der Waals surface area contributed by atoms with Crippen molar-refractivity contribution in [2.75, 3.05) is 38.0 Å². The zero-order valence-corrected chi connectivity index (χ0v) is 13.6. The Morgan fingerprint density at radius 1 is 1.17 bits per heavy atom. The fraction of sp³-hybridized carbons (Fsp3) is 0.353. The molecule has 0 radical (unpaired) electrons. The summed E-state index contributed by atoms with van der Waals surface area (Å²) in [6, 6.07) is 6.29. The van der Waals surface area contributed by atoms with Gasteiger partial charge < -0.3 is 15.1 Å². The van der Waals surface area contributed by atoms with Gasteiger partial charge in [-0.05, 0) is 18.7 Å². The van der Waals surface area contributed by atoms with Crippen molar-refractivity contribution >= 4 is 17.5 Å². The second-order valence-electron chi connectivity index (χ2n) is 5.63. The first-order valence-electron chi connectivity index (χ1n) is 8.02. The van der Waals surface area contributed by atoms with Crippen LogP contribution in [0.15, 0.2) is 36.7 Å². The minimum atomic E-state index is -0.380. The lowest BCUT2D eigenvalue weighted by atomic mass is 10.2. The van der Waals surface area contributed by atoms with Crippen LogP contribution in [0.4, 0.5) is 16.0 Å². The molecule has 0 atom stereocenters. The van der Waals surface area contributed by atoms with Crippen molar-refractivity contribution in [2.24, 2.45) is 0 Å². The molecule has 24 heavy (non-hydrogen) atoms. The zero-order valence-electron chi connectivity index (χ0n) is 13.6. The van der Waals surface area contributed by atoms with Crippen LogP contribution in [0.1, 0.15) is 17.3 Å². The van der Waals surface area contributed by atoms with Crippen molar-refractivity contribution in [3.63, 3.8) is 0 Å². The maximum atomic E-state index is 13.6. The zero-order chi connectivity index (χ0) is 16.9. The van der Waals surface area contributed by atoms with E-state index in [2.05, 4.69) is 27.1 Å². The minimum Gasteiger partial charge on any atom is -0.336 e. The normalized spacial score (nSPS) is 15.3. The number of carbonyl (C=O) groups is 1. The van der Waals surface area contributed by atoms with E-state index in [1.54, 1.807) is 18.2 Å². The lowest BCUT2D eigenvalue weighted by Crippen LogP contribution is -2.48. The number of hydrogen-bond acceptors (Lipinski definition) is 5. The largest absolute Gasteiger partial charge is 0.336 e. The molecule has 1 amide bonds. The summed E-state index contributed by atoms with van der Waals surface area (Å²) in [5.74, 6) is -0.189. The van der Waals surface area contributed by atoms with E-state index >= 15 is 0 Å². The van der Waals surface area contributed by atoms with E-state index in [9.17, 15) is 9.18 Å². The summed E-state index contributed by atoms with van der Waals surface area (Å²) in [4.78, 5) is 24.8. The molecule has 1 N–H and O–H groups in total. The monoisotopic (exact) mass is 329 g/mol. The number of likely N-dealkylation sites (N-methyl/N-ethyl adjacent to an activating group) is 1. The van der Waals surface area contributed by atoms with Gasteiger partial charge in [0.1, 0.15) is 5.82 Å². The van der Waals surface area contributed by atoms with Gasteiger partial charge in [-0.1, -0.05) is 19.1 Å². The Labute approximate surface area is 140 Å². The molecule has 126 valence electrons. The molecule has 1 aromatic carbocycles. The van der Waals surface area contributed by atoms with Crippen LogP contribution in [-0.4, -0.2) is 58.4 Å². The average Bonchev–Trinajstić information content (AvgIpc) is 2.64. The summed E-state index contributed by atoms with van der Waals surface area (Å²) in [6.45, 7) is 6.31. The first kappa shape index (κ1) is 16.3. The van der Waals surface area contributed by atoms with Gasteiger partial charge in [-0.15, -0.1) is 0 Å². The van der Waals surface area contributed by atoms with Crippen LogP contribution in [0.2, 0.25) is 0 Å². The summed E-state index contributed by atoms with van der Waals surface area (Å²) in [7, 11) is 0. The summed E-state index contributed by atoms with van der Waals surface area (Å²) in [5.41, 5.74) is 0.742. The third kappa shape index (κ3) is 3.68. The Kier molecular flexibility index (Phi) is 5.00. The maximum absolute atomic E-state index is 13.6. The molecule has 1 aliphatic heterocycles. The van der Waals surface area contributed by atoms with Crippen molar-refractivity contribution < 1.29 is 9.18 Å². The predicted octanol–water partition coefficient (Wildman–Crippen LogP) is 2.14. The van der Waals surface area contributed by atoms with E-state index in [0.29, 0.717) is 24.3 Å². The Hall–Kier alpha value is -2.54. The van der Waals surface area contributed by atoms with Gasteiger partial charge in [0.05, 0.1) is 11.3 Å². The smallest absolute Gasteiger partial charge is 0.257 e. The molecular formula is C17H20FN5O. The summed E-state index contributed by atoms with van der Waals surface area (Å²) in [6.07, 6.45) is 2.95. The molecule has 3 rings (SSSR count). The molecule has 0 bridgehead atoms. The van der Waals surface area contributed by atoms with Gasteiger partial charge >= 0.3 is 0 Å². The second-order valence-corrected chi connectivity index (χ2v) is 5.63. The summed E-state index contributed by atoms with van der Waals surface area (Å²) >= 11 is 0. The number of halogens is 1. The van der Waals surface area contributed by atoms with Crippen LogP contribution >= 0.6 is 0 Å². The number of rotatable bonds is 4. The van der Waals surface area contributed by atoms with Gasteiger partial charge in [-0.3, -0.25) is 4.79 Å². The Morgan fingerprint density at radius 2 is 1.83 bits per heavy atom. The second kappa shape index (κ2) is 7.35. The third-order valence-electron chi connectivity index (χ3n) is 4.13. The van der Waals surface area contributed by atoms with E-state index in [1.807, 2.05) is 4.90 Å². The van der Waals surface area contributed by atoms with Gasteiger partial charge in [-0.2, -0.15) is 0 Å². The molecule has 1 aromatic heterocycles. The van der Waals surface area contributed by atoms with E-state index < -0.39 is 0 Å². The number of aromatic nitrogens is 2.